The van der Waals surface area contributed by atoms with E-state index in [0.29, 0.717) is 0 Å². The van der Waals surface area contributed by atoms with E-state index in [1.165, 1.54) is 37.3 Å². The third kappa shape index (κ3) is 2.89. The van der Waals surface area contributed by atoms with Crippen molar-refractivity contribution in [2.75, 3.05) is 18.8 Å². The third-order valence-electron chi connectivity index (χ3n) is 3.07. The van der Waals surface area contributed by atoms with Crippen molar-refractivity contribution in [3.05, 3.63) is 5.69 Å². The maximum absolute atomic E-state index is 5.79. The van der Waals surface area contributed by atoms with Crippen LogP contribution in [0.1, 0.15) is 31.9 Å². The first-order chi connectivity index (χ1) is 7.25. The van der Waals surface area contributed by atoms with Crippen LogP contribution in [0.3, 0.4) is 0 Å². The van der Waals surface area contributed by atoms with Crippen LogP contribution in [0.15, 0.2) is 0 Å². The summed E-state index contributed by atoms with van der Waals surface area (Å²) in [5, 5.41) is 4.83. The van der Waals surface area contributed by atoms with Gasteiger partial charge in [-0.2, -0.15) is 0 Å². The number of aromatic nitrogens is 2. The second kappa shape index (κ2) is 4.90. The van der Waals surface area contributed by atoms with Crippen molar-refractivity contribution in [1.82, 2.24) is 14.5 Å². The van der Waals surface area contributed by atoms with Gasteiger partial charge in [0.15, 0.2) is 0 Å². The Hall–Kier alpha value is -0.680. The predicted molar refractivity (Wildman–Crippen MR) is 62.6 cm³/mol. The summed E-state index contributed by atoms with van der Waals surface area (Å²) in [5.74, 6) is 0.862. The lowest BCUT2D eigenvalue weighted by Gasteiger charge is -2.18. The molecule has 1 fully saturated rings. The number of rotatable bonds is 2. The Balaban J connectivity index is 1.92. The molecule has 0 spiro atoms. The summed E-state index contributed by atoms with van der Waals surface area (Å²) in [6, 6.07) is 0. The van der Waals surface area contributed by atoms with E-state index in [2.05, 4.69) is 21.4 Å². The minimum absolute atomic E-state index is 0.771. The fourth-order valence-corrected chi connectivity index (χ4v) is 2.46. The lowest BCUT2D eigenvalue weighted by Crippen LogP contribution is -2.24. The Kier molecular flexibility index (Phi) is 3.53. The van der Waals surface area contributed by atoms with Crippen LogP contribution in [0.4, 0.5) is 5.00 Å². The Labute approximate surface area is 94.6 Å². The zero-order valence-electron chi connectivity index (χ0n) is 9.15. The van der Waals surface area contributed by atoms with Crippen LogP contribution in [0.5, 0.6) is 0 Å². The Morgan fingerprint density at radius 1 is 1.47 bits per heavy atom. The van der Waals surface area contributed by atoms with E-state index < -0.39 is 0 Å². The van der Waals surface area contributed by atoms with Crippen molar-refractivity contribution < 1.29 is 0 Å². The van der Waals surface area contributed by atoms with Crippen molar-refractivity contribution in [3.63, 3.8) is 0 Å². The molecular formula is C10H18N4S. The van der Waals surface area contributed by atoms with Crippen LogP contribution in [0.2, 0.25) is 0 Å². The van der Waals surface area contributed by atoms with Crippen molar-refractivity contribution in [3.8, 4) is 0 Å². The fraction of sp³-hybridized carbons (Fsp3) is 0.800. The Morgan fingerprint density at radius 2 is 2.33 bits per heavy atom. The van der Waals surface area contributed by atoms with E-state index in [4.69, 9.17) is 5.73 Å². The van der Waals surface area contributed by atoms with Gasteiger partial charge in [-0.1, -0.05) is 11.4 Å². The zero-order chi connectivity index (χ0) is 10.7. The minimum Gasteiger partial charge on any atom is -0.388 e. The molecule has 0 bridgehead atoms. The van der Waals surface area contributed by atoms with Crippen LogP contribution < -0.4 is 5.73 Å². The van der Waals surface area contributed by atoms with Crippen LogP contribution in [-0.4, -0.2) is 27.6 Å². The van der Waals surface area contributed by atoms with Gasteiger partial charge in [0, 0.05) is 18.1 Å². The number of nitrogen functional groups attached to an aromatic ring is 1. The van der Waals surface area contributed by atoms with E-state index in [9.17, 15) is 0 Å². The lowest BCUT2D eigenvalue weighted by molar-refractivity contribution is 0.271. The highest BCUT2D eigenvalue weighted by Gasteiger charge is 2.16. The first kappa shape index (κ1) is 10.8. The van der Waals surface area contributed by atoms with Gasteiger partial charge >= 0.3 is 0 Å². The molecule has 0 aromatic carbocycles. The minimum atomic E-state index is 0.771. The van der Waals surface area contributed by atoms with Crippen LogP contribution in [0.25, 0.3) is 0 Å². The molecule has 1 saturated heterocycles. The smallest absolute Gasteiger partial charge is 0.132 e. The summed E-state index contributed by atoms with van der Waals surface area (Å²) < 4.78 is 3.87. The van der Waals surface area contributed by atoms with E-state index in [1.54, 1.807) is 0 Å². The van der Waals surface area contributed by atoms with Crippen molar-refractivity contribution in [2.45, 2.75) is 32.7 Å². The predicted octanol–water partition coefficient (Wildman–Crippen LogP) is 1.74. The summed E-state index contributed by atoms with van der Waals surface area (Å²) in [7, 11) is 0. The largest absolute Gasteiger partial charge is 0.388 e. The van der Waals surface area contributed by atoms with E-state index in [0.717, 1.165) is 29.7 Å². The molecule has 15 heavy (non-hydrogen) atoms. The molecule has 84 valence electrons. The highest BCUT2D eigenvalue weighted by molar-refractivity contribution is 7.09. The van der Waals surface area contributed by atoms with E-state index >= 15 is 0 Å². The van der Waals surface area contributed by atoms with Gasteiger partial charge in [0.05, 0.1) is 0 Å². The zero-order valence-corrected chi connectivity index (χ0v) is 9.96. The van der Waals surface area contributed by atoms with E-state index in [-0.39, 0.29) is 0 Å². The standard InChI is InChI=1S/C10H18N4S/c1-8-3-2-5-14(6-4-8)7-9-10(11)15-13-12-9/h8H,2-7,11H2,1H3. The van der Waals surface area contributed by atoms with Crippen LogP contribution in [-0.2, 0) is 6.54 Å². The molecule has 0 saturated carbocycles. The molecule has 0 radical (unpaired) electrons. The molecule has 0 aliphatic carbocycles. The third-order valence-corrected chi connectivity index (χ3v) is 3.66. The first-order valence-corrected chi connectivity index (χ1v) is 6.32. The van der Waals surface area contributed by atoms with Crippen LogP contribution in [0, 0.1) is 5.92 Å². The Morgan fingerprint density at radius 3 is 3.07 bits per heavy atom. The molecule has 2 rings (SSSR count). The van der Waals surface area contributed by atoms with Gasteiger partial charge in [0.25, 0.3) is 0 Å². The molecule has 1 aromatic heterocycles. The number of nitrogens with zero attached hydrogens (tertiary/aromatic N) is 3. The van der Waals surface area contributed by atoms with Crippen LogP contribution >= 0.6 is 11.5 Å². The van der Waals surface area contributed by atoms with Gasteiger partial charge < -0.3 is 5.73 Å². The van der Waals surface area contributed by atoms with Gasteiger partial charge in [-0.05, 0) is 38.3 Å². The molecule has 2 heterocycles. The van der Waals surface area contributed by atoms with Gasteiger partial charge in [-0.3, -0.25) is 4.90 Å². The molecule has 4 nitrogen and oxygen atoms in total. The average Bonchev–Trinajstić information content (AvgIpc) is 2.48. The summed E-state index contributed by atoms with van der Waals surface area (Å²) >= 11 is 1.29. The summed E-state index contributed by atoms with van der Waals surface area (Å²) in [5.41, 5.74) is 6.74. The SMILES string of the molecule is CC1CCCN(Cc2nnsc2N)CC1. The highest BCUT2D eigenvalue weighted by atomic mass is 32.1. The maximum Gasteiger partial charge on any atom is 0.132 e. The number of likely N-dealkylation sites (tertiary alicyclic amines) is 1. The second-order valence-corrected chi connectivity index (χ2v) is 5.18. The van der Waals surface area contributed by atoms with E-state index in [1.807, 2.05) is 0 Å². The van der Waals surface area contributed by atoms with Crippen molar-refractivity contribution in [1.29, 1.82) is 0 Å². The molecule has 1 unspecified atom stereocenters. The lowest BCUT2D eigenvalue weighted by atomic mass is 10.0. The Bertz CT molecular complexity index is 312. The molecule has 2 N–H and O–H groups in total. The van der Waals surface area contributed by atoms with Gasteiger partial charge in [0.1, 0.15) is 10.7 Å². The van der Waals surface area contributed by atoms with Gasteiger partial charge in [-0.15, -0.1) is 5.10 Å². The molecule has 1 atom stereocenters. The summed E-state index contributed by atoms with van der Waals surface area (Å²) in [4.78, 5) is 2.44. The first-order valence-electron chi connectivity index (χ1n) is 5.55. The number of anilines is 1. The van der Waals surface area contributed by atoms with Crippen molar-refractivity contribution >= 4 is 16.5 Å². The normalized spacial score (nSPS) is 23.9. The summed E-state index contributed by atoms with van der Waals surface area (Å²) in [6.07, 6.45) is 3.93. The monoisotopic (exact) mass is 226 g/mol. The number of hydrogen-bond donors (Lipinski definition) is 1. The molecular weight excluding hydrogens is 208 g/mol. The van der Waals surface area contributed by atoms with Gasteiger partial charge in [0.2, 0.25) is 0 Å². The number of hydrogen-bond acceptors (Lipinski definition) is 5. The average molecular weight is 226 g/mol. The second-order valence-electron chi connectivity index (χ2n) is 4.40. The summed E-state index contributed by atoms with van der Waals surface area (Å²) in [6.45, 7) is 5.54. The number of nitrogens with two attached hydrogens (primary N) is 1. The molecule has 1 aliphatic heterocycles. The molecule has 5 heteroatoms. The molecule has 1 aliphatic rings. The fourth-order valence-electron chi connectivity index (χ4n) is 2.02. The molecule has 1 aromatic rings. The quantitative estimate of drug-likeness (QED) is 0.834. The molecule has 0 amide bonds. The highest BCUT2D eigenvalue weighted by Crippen LogP contribution is 2.20. The van der Waals surface area contributed by atoms with Gasteiger partial charge in [-0.25, -0.2) is 0 Å². The van der Waals surface area contributed by atoms with Crippen molar-refractivity contribution in [2.24, 2.45) is 5.92 Å². The topological polar surface area (TPSA) is 55.0 Å². The maximum atomic E-state index is 5.79.